The summed E-state index contributed by atoms with van der Waals surface area (Å²) in [4.78, 5) is 18.8. The number of benzene rings is 1. The van der Waals surface area contributed by atoms with Gasteiger partial charge in [0.1, 0.15) is 5.75 Å². The molecule has 0 aliphatic heterocycles. The Morgan fingerprint density at radius 2 is 2.00 bits per heavy atom. The van der Waals surface area contributed by atoms with Gasteiger partial charge in [-0.1, -0.05) is 43.3 Å². The Hall–Kier alpha value is -1.75. The summed E-state index contributed by atoms with van der Waals surface area (Å²) in [6, 6.07) is 9.51. The number of thioether (sulfide) groups is 1. The van der Waals surface area contributed by atoms with Crippen molar-refractivity contribution in [3.63, 3.8) is 0 Å². The Morgan fingerprint density at radius 1 is 1.29 bits per heavy atom. The predicted octanol–water partition coefficient (Wildman–Crippen LogP) is 3.37. The lowest BCUT2D eigenvalue weighted by Crippen LogP contribution is -2.11. The summed E-state index contributed by atoms with van der Waals surface area (Å²) < 4.78 is 5.65. The zero-order chi connectivity index (χ0) is 15.2. The third-order valence-electron chi connectivity index (χ3n) is 2.94. The number of aryl methyl sites for hydroxylation is 1. The van der Waals surface area contributed by atoms with Crippen molar-refractivity contribution in [3.05, 3.63) is 51.9 Å². The molecule has 0 radical (unpaired) electrons. The van der Waals surface area contributed by atoms with Gasteiger partial charge in [-0.15, -0.1) is 0 Å². The van der Waals surface area contributed by atoms with Crippen LogP contribution in [0.25, 0.3) is 0 Å². The molecule has 0 atom stereocenters. The largest absolute Gasteiger partial charge is 0.493 e. The third kappa shape index (κ3) is 4.93. The normalized spacial score (nSPS) is 10.9. The number of H-pyrrole nitrogens is 1. The molecule has 0 aliphatic rings. The highest BCUT2D eigenvalue weighted by Gasteiger charge is 2.05. The average Bonchev–Trinajstić information content (AvgIpc) is 2.45. The Kier molecular flexibility index (Phi) is 5.44. The molecule has 112 valence electrons. The first-order valence-electron chi connectivity index (χ1n) is 6.98. The van der Waals surface area contributed by atoms with Crippen LogP contribution in [0.5, 0.6) is 5.75 Å². The number of hydrogen-bond donors (Lipinski definition) is 1. The Bertz CT molecular complexity index is 635. The minimum atomic E-state index is -0.101. The van der Waals surface area contributed by atoms with Crippen molar-refractivity contribution in [1.82, 2.24) is 9.97 Å². The van der Waals surface area contributed by atoms with Gasteiger partial charge in [0.15, 0.2) is 5.16 Å². The van der Waals surface area contributed by atoms with E-state index in [0.717, 1.165) is 17.2 Å². The number of nitrogens with one attached hydrogen (secondary N) is 1. The number of ether oxygens (including phenoxy) is 1. The molecule has 0 aliphatic carbocycles. The molecule has 1 aromatic carbocycles. The zero-order valence-electron chi connectivity index (χ0n) is 12.6. The lowest BCUT2D eigenvalue weighted by molar-refractivity contribution is 0.344. The Balaban J connectivity index is 1.86. The van der Waals surface area contributed by atoms with Crippen molar-refractivity contribution >= 4 is 11.8 Å². The summed E-state index contributed by atoms with van der Waals surface area (Å²) in [5.41, 5.74) is 1.93. The molecule has 2 rings (SSSR count). The second-order valence-electron chi connectivity index (χ2n) is 5.14. The van der Waals surface area contributed by atoms with Crippen LogP contribution < -0.4 is 10.3 Å². The molecule has 0 spiro atoms. The smallest absolute Gasteiger partial charge is 0.251 e. The third-order valence-corrected chi connectivity index (χ3v) is 3.78. The van der Waals surface area contributed by atoms with Gasteiger partial charge in [0.05, 0.1) is 12.3 Å². The van der Waals surface area contributed by atoms with E-state index in [9.17, 15) is 4.79 Å². The molecule has 0 unspecified atom stereocenters. The first-order valence-corrected chi connectivity index (χ1v) is 7.96. The van der Waals surface area contributed by atoms with Crippen LogP contribution in [0.2, 0.25) is 0 Å². The molecule has 1 aromatic heterocycles. The first kappa shape index (κ1) is 15.6. The molecule has 4 nitrogen and oxygen atoms in total. The van der Waals surface area contributed by atoms with Gasteiger partial charge in [-0.25, -0.2) is 4.98 Å². The van der Waals surface area contributed by atoms with Crippen LogP contribution in [-0.4, -0.2) is 22.3 Å². The molecular formula is C16H20N2O2S. The highest BCUT2D eigenvalue weighted by Crippen LogP contribution is 2.16. The van der Waals surface area contributed by atoms with E-state index in [1.54, 1.807) is 6.07 Å². The van der Waals surface area contributed by atoms with E-state index in [1.807, 2.05) is 45.0 Å². The van der Waals surface area contributed by atoms with Gasteiger partial charge in [-0.05, 0) is 25.0 Å². The molecule has 0 fully saturated rings. The van der Waals surface area contributed by atoms with Crippen molar-refractivity contribution in [2.75, 3.05) is 12.4 Å². The van der Waals surface area contributed by atoms with E-state index in [0.29, 0.717) is 11.8 Å². The lowest BCUT2D eigenvalue weighted by Gasteiger charge is -2.08. The van der Waals surface area contributed by atoms with Gasteiger partial charge in [-0.3, -0.25) is 4.79 Å². The molecule has 5 heteroatoms. The fourth-order valence-electron chi connectivity index (χ4n) is 1.75. The van der Waals surface area contributed by atoms with Crippen molar-refractivity contribution in [3.8, 4) is 5.75 Å². The Labute approximate surface area is 129 Å². The quantitative estimate of drug-likeness (QED) is 0.505. The van der Waals surface area contributed by atoms with Crippen molar-refractivity contribution in [1.29, 1.82) is 0 Å². The summed E-state index contributed by atoms with van der Waals surface area (Å²) >= 11 is 1.50. The minimum Gasteiger partial charge on any atom is -0.493 e. The van der Waals surface area contributed by atoms with Crippen LogP contribution in [0, 0.1) is 6.92 Å². The minimum absolute atomic E-state index is 0.101. The molecule has 0 saturated carbocycles. The molecule has 1 heterocycles. The van der Waals surface area contributed by atoms with E-state index in [2.05, 4.69) is 9.97 Å². The van der Waals surface area contributed by atoms with Crippen molar-refractivity contribution < 1.29 is 4.74 Å². The maximum Gasteiger partial charge on any atom is 0.251 e. The van der Waals surface area contributed by atoms with Crippen molar-refractivity contribution in [2.45, 2.75) is 31.8 Å². The van der Waals surface area contributed by atoms with Gasteiger partial charge < -0.3 is 9.72 Å². The SMILES string of the molecule is Cc1ccc(OCCSc2nc(C(C)C)cc(=O)[nH]2)cc1. The van der Waals surface area contributed by atoms with Gasteiger partial charge in [-0.2, -0.15) is 0 Å². The van der Waals surface area contributed by atoms with E-state index in [-0.39, 0.29) is 11.5 Å². The van der Waals surface area contributed by atoms with Crippen LogP contribution >= 0.6 is 11.8 Å². The summed E-state index contributed by atoms with van der Waals surface area (Å²) in [6.45, 7) is 6.67. The van der Waals surface area contributed by atoms with Crippen molar-refractivity contribution in [2.24, 2.45) is 0 Å². The first-order chi connectivity index (χ1) is 10.0. The highest BCUT2D eigenvalue weighted by atomic mass is 32.2. The summed E-state index contributed by atoms with van der Waals surface area (Å²) in [5, 5.41) is 0.652. The molecule has 0 saturated heterocycles. The summed E-state index contributed by atoms with van der Waals surface area (Å²) in [6.07, 6.45) is 0. The molecule has 1 N–H and O–H groups in total. The molecular weight excluding hydrogens is 284 g/mol. The van der Waals surface area contributed by atoms with E-state index in [1.165, 1.54) is 17.3 Å². The summed E-state index contributed by atoms with van der Waals surface area (Å²) in [5.74, 6) is 1.84. The maximum absolute atomic E-state index is 11.6. The fourth-order valence-corrected chi connectivity index (χ4v) is 2.45. The average molecular weight is 304 g/mol. The number of aromatic amines is 1. The van der Waals surface area contributed by atoms with E-state index >= 15 is 0 Å². The van der Waals surface area contributed by atoms with Gasteiger partial charge in [0, 0.05) is 11.8 Å². The molecule has 2 aromatic rings. The number of aromatic nitrogens is 2. The van der Waals surface area contributed by atoms with Gasteiger partial charge in [0.25, 0.3) is 5.56 Å². The summed E-state index contributed by atoms with van der Waals surface area (Å²) in [7, 11) is 0. The Morgan fingerprint density at radius 3 is 2.67 bits per heavy atom. The second kappa shape index (κ2) is 7.31. The number of rotatable bonds is 6. The highest BCUT2D eigenvalue weighted by molar-refractivity contribution is 7.99. The van der Waals surface area contributed by atoms with Crippen LogP contribution in [0.4, 0.5) is 0 Å². The maximum atomic E-state index is 11.6. The van der Waals surface area contributed by atoms with E-state index in [4.69, 9.17) is 4.74 Å². The van der Waals surface area contributed by atoms with Crippen LogP contribution in [-0.2, 0) is 0 Å². The molecule has 0 bridgehead atoms. The van der Waals surface area contributed by atoms with E-state index < -0.39 is 0 Å². The number of hydrogen-bond acceptors (Lipinski definition) is 4. The second-order valence-corrected chi connectivity index (χ2v) is 6.22. The number of nitrogens with zero attached hydrogens (tertiary/aromatic N) is 1. The predicted molar refractivity (Wildman–Crippen MR) is 86.3 cm³/mol. The molecule has 0 amide bonds. The van der Waals surface area contributed by atoms with Gasteiger partial charge >= 0.3 is 0 Å². The topological polar surface area (TPSA) is 55.0 Å². The van der Waals surface area contributed by atoms with Crippen LogP contribution in [0.15, 0.2) is 40.3 Å². The standard InChI is InChI=1S/C16H20N2O2S/c1-11(2)14-10-15(19)18-16(17-14)21-9-8-20-13-6-4-12(3)5-7-13/h4-7,10-11H,8-9H2,1-3H3,(H,17,18,19). The van der Waals surface area contributed by atoms with Gasteiger partial charge in [0.2, 0.25) is 0 Å². The monoisotopic (exact) mass is 304 g/mol. The zero-order valence-corrected chi connectivity index (χ0v) is 13.4. The van der Waals surface area contributed by atoms with Crippen LogP contribution in [0.1, 0.15) is 31.0 Å². The van der Waals surface area contributed by atoms with Crippen LogP contribution in [0.3, 0.4) is 0 Å². The lowest BCUT2D eigenvalue weighted by atomic mass is 10.1. The fraction of sp³-hybridized carbons (Fsp3) is 0.375. The molecule has 21 heavy (non-hydrogen) atoms.